The lowest BCUT2D eigenvalue weighted by atomic mass is 9.75. The zero-order valence-electron chi connectivity index (χ0n) is 10.1. The van der Waals surface area contributed by atoms with Crippen LogP contribution < -0.4 is 5.73 Å². The minimum absolute atomic E-state index is 0.0415. The van der Waals surface area contributed by atoms with Crippen LogP contribution in [0.2, 0.25) is 10.0 Å². The normalized spacial score (nSPS) is 31.9. The van der Waals surface area contributed by atoms with Crippen LogP contribution in [0.15, 0.2) is 12.1 Å². The molecular weight excluding hydrogens is 272 g/mol. The molecule has 2 aliphatic carbocycles. The molecule has 0 heterocycles. The fraction of sp³-hybridized carbons (Fsp3) is 0.571. The first kappa shape index (κ1) is 12.7. The van der Waals surface area contributed by atoms with E-state index in [-0.39, 0.29) is 22.3 Å². The van der Waals surface area contributed by atoms with Crippen molar-refractivity contribution in [1.29, 1.82) is 0 Å². The molecule has 1 aromatic carbocycles. The summed E-state index contributed by atoms with van der Waals surface area (Å²) in [4.78, 5) is 0. The van der Waals surface area contributed by atoms with Crippen LogP contribution in [0.3, 0.4) is 0 Å². The molecule has 2 saturated carbocycles. The Morgan fingerprint density at radius 3 is 2.50 bits per heavy atom. The summed E-state index contributed by atoms with van der Waals surface area (Å²) in [6.45, 7) is 0. The molecule has 0 aliphatic heterocycles. The van der Waals surface area contributed by atoms with E-state index in [1.807, 2.05) is 0 Å². The third kappa shape index (κ3) is 1.77. The molecule has 3 rings (SSSR count). The van der Waals surface area contributed by atoms with Crippen LogP contribution in [-0.4, -0.2) is 0 Å². The molecule has 0 spiro atoms. The second-order valence-electron chi connectivity index (χ2n) is 5.74. The van der Waals surface area contributed by atoms with Crippen LogP contribution in [0.4, 0.5) is 4.39 Å². The van der Waals surface area contributed by atoms with Gasteiger partial charge < -0.3 is 5.73 Å². The number of hydrogen-bond donors (Lipinski definition) is 1. The van der Waals surface area contributed by atoms with E-state index in [2.05, 4.69) is 0 Å². The maximum atomic E-state index is 14.0. The van der Waals surface area contributed by atoms with Gasteiger partial charge in [0.15, 0.2) is 0 Å². The van der Waals surface area contributed by atoms with Gasteiger partial charge in [-0.3, -0.25) is 0 Å². The summed E-state index contributed by atoms with van der Waals surface area (Å²) in [5.41, 5.74) is 6.81. The zero-order valence-corrected chi connectivity index (χ0v) is 11.6. The van der Waals surface area contributed by atoms with Crippen LogP contribution in [-0.2, 0) is 0 Å². The summed E-state index contributed by atoms with van der Waals surface area (Å²) in [7, 11) is 0. The minimum Gasteiger partial charge on any atom is -0.323 e. The number of nitrogens with two attached hydrogens (primary N) is 1. The van der Waals surface area contributed by atoms with Crippen molar-refractivity contribution in [3.8, 4) is 0 Å². The van der Waals surface area contributed by atoms with Crippen LogP contribution in [0.25, 0.3) is 0 Å². The Hall–Kier alpha value is -0.310. The molecule has 98 valence electrons. The van der Waals surface area contributed by atoms with E-state index in [9.17, 15) is 4.39 Å². The first-order valence-corrected chi connectivity index (χ1v) is 7.18. The van der Waals surface area contributed by atoms with Gasteiger partial charge in [-0.05, 0) is 55.6 Å². The Labute approximate surface area is 116 Å². The Kier molecular flexibility index (Phi) is 3.08. The highest BCUT2D eigenvalue weighted by molar-refractivity contribution is 6.42. The van der Waals surface area contributed by atoms with Crippen molar-refractivity contribution in [1.82, 2.24) is 0 Å². The monoisotopic (exact) mass is 287 g/mol. The van der Waals surface area contributed by atoms with Gasteiger partial charge in [-0.1, -0.05) is 23.2 Å². The molecule has 2 bridgehead atoms. The molecule has 0 aromatic heterocycles. The van der Waals surface area contributed by atoms with Crippen molar-refractivity contribution in [3.05, 3.63) is 33.6 Å². The summed E-state index contributed by atoms with van der Waals surface area (Å²) in [5, 5.41) is 0.668. The second kappa shape index (κ2) is 4.36. The molecule has 2 N–H and O–H groups in total. The van der Waals surface area contributed by atoms with E-state index >= 15 is 0 Å². The first-order chi connectivity index (χ1) is 8.53. The van der Waals surface area contributed by atoms with Crippen LogP contribution in [0.5, 0.6) is 0 Å². The lowest BCUT2D eigenvalue weighted by Gasteiger charge is -2.34. The highest BCUT2D eigenvalue weighted by Crippen LogP contribution is 2.60. The Morgan fingerprint density at radius 2 is 1.94 bits per heavy atom. The van der Waals surface area contributed by atoms with E-state index in [0.717, 1.165) is 25.2 Å². The van der Waals surface area contributed by atoms with Crippen LogP contribution in [0.1, 0.15) is 43.7 Å². The molecule has 2 fully saturated rings. The maximum Gasteiger partial charge on any atom is 0.129 e. The van der Waals surface area contributed by atoms with Gasteiger partial charge in [0, 0.05) is 11.6 Å². The Balaban J connectivity index is 2.02. The molecule has 1 atom stereocenters. The van der Waals surface area contributed by atoms with Crippen molar-refractivity contribution in [3.63, 3.8) is 0 Å². The predicted octanol–water partition coefficient (Wildman–Crippen LogP) is 4.71. The van der Waals surface area contributed by atoms with E-state index < -0.39 is 0 Å². The summed E-state index contributed by atoms with van der Waals surface area (Å²) in [6.07, 6.45) is 5.71. The number of rotatable bonds is 2. The molecule has 18 heavy (non-hydrogen) atoms. The minimum atomic E-state index is -0.337. The zero-order chi connectivity index (χ0) is 12.9. The lowest BCUT2D eigenvalue weighted by molar-refractivity contribution is 0.229. The molecule has 1 unspecified atom stereocenters. The molecule has 4 heteroatoms. The molecule has 1 nitrogen and oxygen atoms in total. The van der Waals surface area contributed by atoms with E-state index in [1.165, 1.54) is 25.0 Å². The fourth-order valence-corrected chi connectivity index (χ4v) is 4.24. The summed E-state index contributed by atoms with van der Waals surface area (Å²) >= 11 is 12.1. The number of benzene rings is 1. The van der Waals surface area contributed by atoms with Gasteiger partial charge in [-0.2, -0.15) is 0 Å². The van der Waals surface area contributed by atoms with Crippen molar-refractivity contribution >= 4 is 23.2 Å². The van der Waals surface area contributed by atoms with Gasteiger partial charge >= 0.3 is 0 Å². The Morgan fingerprint density at radius 1 is 1.28 bits per heavy atom. The fourth-order valence-electron chi connectivity index (χ4n) is 3.81. The number of hydrogen-bond acceptors (Lipinski definition) is 1. The van der Waals surface area contributed by atoms with Gasteiger partial charge in [0.25, 0.3) is 0 Å². The predicted molar refractivity (Wildman–Crippen MR) is 72.4 cm³/mol. The standard InChI is InChI=1S/C14H16Cl2FN/c15-9-1-2-10(17)11(12(9)16)13(18)14-5-3-8(7-14)4-6-14/h1-2,8,13H,3-7,18H2. The van der Waals surface area contributed by atoms with Crippen molar-refractivity contribution in [2.75, 3.05) is 0 Å². The molecule has 0 amide bonds. The first-order valence-electron chi connectivity index (χ1n) is 6.42. The largest absolute Gasteiger partial charge is 0.323 e. The van der Waals surface area contributed by atoms with Gasteiger partial charge in [-0.15, -0.1) is 0 Å². The van der Waals surface area contributed by atoms with E-state index in [0.29, 0.717) is 10.6 Å². The van der Waals surface area contributed by atoms with Gasteiger partial charge in [0.05, 0.1) is 10.0 Å². The molecular formula is C14H16Cl2FN. The summed E-state index contributed by atoms with van der Waals surface area (Å²) < 4.78 is 14.0. The summed E-state index contributed by atoms with van der Waals surface area (Å²) in [5.74, 6) is 0.443. The third-order valence-electron chi connectivity index (χ3n) is 4.85. The van der Waals surface area contributed by atoms with E-state index in [4.69, 9.17) is 28.9 Å². The van der Waals surface area contributed by atoms with E-state index in [1.54, 1.807) is 0 Å². The number of fused-ring (bicyclic) bond motifs is 2. The third-order valence-corrected chi connectivity index (χ3v) is 5.67. The van der Waals surface area contributed by atoms with Crippen LogP contribution in [0, 0.1) is 17.2 Å². The van der Waals surface area contributed by atoms with Crippen molar-refractivity contribution < 1.29 is 4.39 Å². The molecule has 0 saturated heterocycles. The lowest BCUT2D eigenvalue weighted by Crippen LogP contribution is -2.32. The quantitative estimate of drug-likeness (QED) is 0.783. The molecule has 0 radical (unpaired) electrons. The maximum absolute atomic E-state index is 14.0. The van der Waals surface area contributed by atoms with Gasteiger partial charge in [0.1, 0.15) is 5.82 Å². The smallest absolute Gasteiger partial charge is 0.129 e. The topological polar surface area (TPSA) is 26.0 Å². The SMILES string of the molecule is NC(c1c(F)ccc(Cl)c1Cl)C12CCC(CC1)C2. The number of halogens is 3. The second-order valence-corrected chi connectivity index (χ2v) is 6.53. The molecule has 2 aliphatic rings. The van der Waals surface area contributed by atoms with Crippen molar-refractivity contribution in [2.24, 2.45) is 17.1 Å². The van der Waals surface area contributed by atoms with Gasteiger partial charge in [0.2, 0.25) is 0 Å². The average Bonchev–Trinajstić information content (AvgIpc) is 2.96. The highest BCUT2D eigenvalue weighted by atomic mass is 35.5. The summed E-state index contributed by atoms with van der Waals surface area (Å²) in [6, 6.07) is 2.51. The van der Waals surface area contributed by atoms with Gasteiger partial charge in [-0.25, -0.2) is 4.39 Å². The van der Waals surface area contributed by atoms with Crippen LogP contribution >= 0.6 is 23.2 Å². The average molecular weight is 288 g/mol. The molecule has 1 aromatic rings. The highest BCUT2D eigenvalue weighted by Gasteiger charge is 2.49. The van der Waals surface area contributed by atoms with Crippen molar-refractivity contribution in [2.45, 2.75) is 38.1 Å². The Bertz CT molecular complexity index is 481.